The average Bonchev–Trinajstić information content (AvgIpc) is 3.28. The molecule has 1 aliphatic heterocycles. The van der Waals surface area contributed by atoms with Crippen LogP contribution in [0.3, 0.4) is 0 Å². The first-order valence-electron chi connectivity index (χ1n) is 8.74. The SMILES string of the molecule is Cc1csc(NC(=O)CN(CC2CCCO2)C(=O)C2CCCC2)n1. The predicted molar refractivity (Wildman–Crippen MR) is 93.0 cm³/mol. The monoisotopic (exact) mass is 351 g/mol. The van der Waals surface area contributed by atoms with Gasteiger partial charge in [-0.1, -0.05) is 12.8 Å². The molecule has 1 aliphatic carbocycles. The molecule has 2 fully saturated rings. The summed E-state index contributed by atoms with van der Waals surface area (Å²) in [5, 5.41) is 5.28. The molecule has 24 heavy (non-hydrogen) atoms. The van der Waals surface area contributed by atoms with Crippen LogP contribution in [-0.2, 0) is 14.3 Å². The van der Waals surface area contributed by atoms with Crippen molar-refractivity contribution in [3.8, 4) is 0 Å². The van der Waals surface area contributed by atoms with Crippen LogP contribution in [0.15, 0.2) is 5.38 Å². The molecule has 1 aromatic rings. The Labute approximate surface area is 146 Å². The summed E-state index contributed by atoms with van der Waals surface area (Å²) in [5.74, 6) is -0.0107. The van der Waals surface area contributed by atoms with Crippen LogP contribution in [0, 0.1) is 12.8 Å². The van der Waals surface area contributed by atoms with Gasteiger partial charge in [0.05, 0.1) is 11.8 Å². The number of nitrogens with zero attached hydrogens (tertiary/aromatic N) is 2. The van der Waals surface area contributed by atoms with Gasteiger partial charge in [0.15, 0.2) is 5.13 Å². The molecule has 7 heteroatoms. The molecule has 0 bridgehead atoms. The third-order valence-corrected chi connectivity index (χ3v) is 5.54. The third kappa shape index (κ3) is 4.54. The Hall–Kier alpha value is -1.47. The summed E-state index contributed by atoms with van der Waals surface area (Å²) >= 11 is 1.40. The van der Waals surface area contributed by atoms with Gasteiger partial charge >= 0.3 is 0 Å². The summed E-state index contributed by atoms with van der Waals surface area (Å²) in [6, 6.07) is 0. The number of carbonyl (C=O) groups is 2. The van der Waals surface area contributed by atoms with Gasteiger partial charge in [-0.2, -0.15) is 0 Å². The van der Waals surface area contributed by atoms with E-state index in [0.717, 1.165) is 50.8 Å². The summed E-state index contributed by atoms with van der Waals surface area (Å²) < 4.78 is 5.66. The van der Waals surface area contributed by atoms with Gasteiger partial charge in [-0.3, -0.25) is 9.59 Å². The van der Waals surface area contributed by atoms with Crippen LogP contribution in [0.4, 0.5) is 5.13 Å². The maximum Gasteiger partial charge on any atom is 0.245 e. The number of ether oxygens (including phenoxy) is 1. The Morgan fingerprint density at radius 3 is 2.75 bits per heavy atom. The zero-order valence-electron chi connectivity index (χ0n) is 14.1. The maximum absolute atomic E-state index is 12.8. The molecule has 3 rings (SSSR count). The zero-order chi connectivity index (χ0) is 16.9. The van der Waals surface area contributed by atoms with Crippen molar-refractivity contribution in [3.63, 3.8) is 0 Å². The van der Waals surface area contributed by atoms with Crippen molar-refractivity contribution in [3.05, 3.63) is 11.1 Å². The molecule has 2 aliphatic rings. The van der Waals surface area contributed by atoms with Gasteiger partial charge < -0.3 is 15.0 Å². The van der Waals surface area contributed by atoms with E-state index >= 15 is 0 Å². The van der Waals surface area contributed by atoms with Gasteiger partial charge in [0, 0.05) is 24.4 Å². The lowest BCUT2D eigenvalue weighted by Gasteiger charge is -2.27. The average molecular weight is 351 g/mol. The molecule has 1 N–H and O–H groups in total. The fourth-order valence-electron chi connectivity index (χ4n) is 3.44. The molecule has 1 unspecified atom stereocenters. The van der Waals surface area contributed by atoms with Crippen LogP contribution in [0.2, 0.25) is 0 Å². The second kappa shape index (κ2) is 8.07. The normalized spacial score (nSPS) is 21.1. The molecule has 1 aromatic heterocycles. The number of nitrogens with one attached hydrogen (secondary N) is 1. The summed E-state index contributed by atoms with van der Waals surface area (Å²) in [6.07, 6.45) is 6.14. The molecule has 1 saturated carbocycles. The van der Waals surface area contributed by atoms with Gasteiger partial charge in [0.25, 0.3) is 0 Å². The van der Waals surface area contributed by atoms with E-state index in [1.165, 1.54) is 11.3 Å². The predicted octanol–water partition coefficient (Wildman–Crippen LogP) is 2.59. The van der Waals surface area contributed by atoms with E-state index in [4.69, 9.17) is 4.74 Å². The first kappa shape index (κ1) is 17.4. The van der Waals surface area contributed by atoms with Crippen LogP contribution >= 0.6 is 11.3 Å². The number of anilines is 1. The van der Waals surface area contributed by atoms with Gasteiger partial charge in [0.2, 0.25) is 11.8 Å². The van der Waals surface area contributed by atoms with Gasteiger partial charge in [0.1, 0.15) is 6.54 Å². The summed E-state index contributed by atoms with van der Waals surface area (Å²) in [7, 11) is 0. The third-order valence-electron chi connectivity index (χ3n) is 4.66. The molecular formula is C17H25N3O3S. The van der Waals surface area contributed by atoms with Crippen LogP contribution in [0.25, 0.3) is 0 Å². The van der Waals surface area contributed by atoms with Crippen molar-refractivity contribution < 1.29 is 14.3 Å². The largest absolute Gasteiger partial charge is 0.376 e. The number of rotatable bonds is 6. The van der Waals surface area contributed by atoms with Crippen molar-refractivity contribution in [2.45, 2.75) is 51.6 Å². The molecule has 0 spiro atoms. The Bertz CT molecular complexity index is 577. The molecule has 1 atom stereocenters. The smallest absolute Gasteiger partial charge is 0.245 e. The fourth-order valence-corrected chi connectivity index (χ4v) is 4.15. The Kier molecular flexibility index (Phi) is 5.84. The van der Waals surface area contributed by atoms with Crippen molar-refractivity contribution in [2.75, 3.05) is 25.0 Å². The first-order chi connectivity index (χ1) is 11.6. The minimum atomic E-state index is -0.186. The number of thiazole rings is 1. The topological polar surface area (TPSA) is 71.5 Å². The number of hydrogen-bond donors (Lipinski definition) is 1. The van der Waals surface area contributed by atoms with Crippen molar-refractivity contribution in [2.24, 2.45) is 5.92 Å². The molecule has 0 aromatic carbocycles. The van der Waals surface area contributed by atoms with E-state index in [0.29, 0.717) is 11.7 Å². The van der Waals surface area contributed by atoms with Gasteiger partial charge in [-0.25, -0.2) is 4.98 Å². The summed E-state index contributed by atoms with van der Waals surface area (Å²) in [6.45, 7) is 3.23. The molecular weight excluding hydrogens is 326 g/mol. The minimum Gasteiger partial charge on any atom is -0.376 e. The lowest BCUT2D eigenvalue weighted by atomic mass is 10.1. The number of aromatic nitrogens is 1. The fraction of sp³-hybridized carbons (Fsp3) is 0.706. The Morgan fingerprint density at radius 1 is 1.33 bits per heavy atom. The second-order valence-corrected chi connectivity index (χ2v) is 7.54. The van der Waals surface area contributed by atoms with Crippen LogP contribution in [-0.4, -0.2) is 47.5 Å². The highest BCUT2D eigenvalue weighted by Gasteiger charge is 2.31. The van der Waals surface area contributed by atoms with E-state index in [1.807, 2.05) is 12.3 Å². The van der Waals surface area contributed by atoms with Crippen molar-refractivity contribution in [1.29, 1.82) is 0 Å². The number of carbonyl (C=O) groups excluding carboxylic acids is 2. The van der Waals surface area contributed by atoms with Crippen LogP contribution < -0.4 is 5.32 Å². The molecule has 6 nitrogen and oxygen atoms in total. The summed E-state index contributed by atoms with van der Waals surface area (Å²) in [5.41, 5.74) is 0.883. The Balaban J connectivity index is 1.61. The van der Waals surface area contributed by atoms with E-state index < -0.39 is 0 Å². The summed E-state index contributed by atoms with van der Waals surface area (Å²) in [4.78, 5) is 31.1. The van der Waals surface area contributed by atoms with Crippen molar-refractivity contribution in [1.82, 2.24) is 9.88 Å². The van der Waals surface area contributed by atoms with Crippen molar-refractivity contribution >= 4 is 28.3 Å². The number of hydrogen-bond acceptors (Lipinski definition) is 5. The van der Waals surface area contributed by atoms with Gasteiger partial charge in [-0.05, 0) is 32.6 Å². The molecule has 2 heterocycles. The highest BCUT2D eigenvalue weighted by molar-refractivity contribution is 7.13. The standard InChI is InChI=1S/C17H25N3O3S/c1-12-11-24-17(18-12)19-15(21)10-20(9-14-7-4-8-23-14)16(22)13-5-2-3-6-13/h11,13-14H,2-10H2,1H3,(H,18,19,21). The number of aryl methyl sites for hydroxylation is 1. The zero-order valence-corrected chi connectivity index (χ0v) is 14.9. The van der Waals surface area contributed by atoms with Crippen LogP contribution in [0.1, 0.15) is 44.2 Å². The lowest BCUT2D eigenvalue weighted by molar-refractivity contribution is -0.139. The van der Waals surface area contributed by atoms with E-state index in [-0.39, 0.29) is 30.4 Å². The lowest BCUT2D eigenvalue weighted by Crippen LogP contribution is -2.44. The molecule has 1 saturated heterocycles. The quantitative estimate of drug-likeness (QED) is 0.855. The van der Waals surface area contributed by atoms with E-state index in [2.05, 4.69) is 10.3 Å². The van der Waals surface area contributed by atoms with Gasteiger partial charge in [-0.15, -0.1) is 11.3 Å². The second-order valence-electron chi connectivity index (χ2n) is 6.68. The Morgan fingerprint density at radius 2 is 2.12 bits per heavy atom. The highest BCUT2D eigenvalue weighted by Crippen LogP contribution is 2.27. The van der Waals surface area contributed by atoms with E-state index in [1.54, 1.807) is 4.90 Å². The minimum absolute atomic E-state index is 0.0604. The molecule has 0 radical (unpaired) electrons. The first-order valence-corrected chi connectivity index (χ1v) is 9.62. The molecule has 132 valence electrons. The molecule has 2 amide bonds. The maximum atomic E-state index is 12.8. The van der Waals surface area contributed by atoms with E-state index in [9.17, 15) is 9.59 Å². The highest BCUT2D eigenvalue weighted by atomic mass is 32.1. The number of amides is 2. The van der Waals surface area contributed by atoms with Crippen LogP contribution in [0.5, 0.6) is 0 Å².